The van der Waals surface area contributed by atoms with Crippen LogP contribution in [-0.4, -0.2) is 16.7 Å². The number of aliphatic hydroxyl groups excluding tert-OH is 1. The van der Waals surface area contributed by atoms with Gasteiger partial charge in [-0.1, -0.05) is 0 Å². The maximum atomic E-state index is 12.9. The van der Waals surface area contributed by atoms with Gasteiger partial charge >= 0.3 is 5.69 Å². The molecule has 0 aliphatic rings. The fraction of sp³-hybridized carbons (Fsp3) is 0.250. The largest absolute Gasteiger partial charge is 0.386 e. The van der Waals surface area contributed by atoms with Crippen LogP contribution in [0.15, 0.2) is 18.2 Å². The molecule has 0 fully saturated rings. The molecule has 1 aromatic carbocycles. The van der Waals surface area contributed by atoms with Gasteiger partial charge in [0.15, 0.2) is 0 Å². The normalized spacial score (nSPS) is 12.5. The minimum absolute atomic E-state index is 0.0180. The molecule has 0 amide bonds. The van der Waals surface area contributed by atoms with Crippen LogP contribution >= 0.6 is 0 Å². The lowest BCUT2D eigenvalue weighted by molar-refractivity contribution is -0.387. The van der Waals surface area contributed by atoms with Gasteiger partial charge in [-0.15, -0.1) is 0 Å². The summed E-state index contributed by atoms with van der Waals surface area (Å²) in [6.07, 6.45) is -1.44. The molecule has 14 heavy (non-hydrogen) atoms. The Morgan fingerprint density at radius 2 is 2.21 bits per heavy atom. The van der Waals surface area contributed by atoms with Gasteiger partial charge in [0, 0.05) is 6.07 Å². The molecule has 0 aromatic heterocycles. The standard InChI is InChI=1S/C8H7F2NO3/c9-4-8(12)5-1-2-7(11(13)14)6(10)3-5/h1-3,8,12H,4H2. The molecule has 0 spiro atoms. The Labute approximate surface area is 77.9 Å². The minimum atomic E-state index is -1.44. The number of nitro benzene ring substituents is 1. The van der Waals surface area contributed by atoms with Crippen molar-refractivity contribution in [3.63, 3.8) is 0 Å². The van der Waals surface area contributed by atoms with Crippen molar-refractivity contribution in [3.05, 3.63) is 39.7 Å². The molecule has 6 heteroatoms. The second kappa shape index (κ2) is 4.10. The molecule has 0 saturated heterocycles. The molecule has 0 bridgehead atoms. The lowest BCUT2D eigenvalue weighted by Crippen LogP contribution is -2.01. The van der Waals surface area contributed by atoms with Crippen LogP contribution in [0, 0.1) is 15.9 Å². The number of nitrogens with zero attached hydrogens (tertiary/aromatic N) is 1. The number of hydrogen-bond acceptors (Lipinski definition) is 3. The third-order valence-electron chi connectivity index (χ3n) is 1.70. The Balaban J connectivity index is 3.06. The van der Waals surface area contributed by atoms with Gasteiger partial charge in [0.2, 0.25) is 5.82 Å². The molecule has 1 N–H and O–H groups in total. The Hall–Kier alpha value is -1.56. The van der Waals surface area contributed by atoms with E-state index in [2.05, 4.69) is 0 Å². The number of aliphatic hydroxyl groups is 1. The molecule has 0 radical (unpaired) electrons. The molecule has 1 rings (SSSR count). The van der Waals surface area contributed by atoms with Crippen LogP contribution in [0.1, 0.15) is 11.7 Å². The summed E-state index contributed by atoms with van der Waals surface area (Å²) in [5.41, 5.74) is -0.713. The molecular weight excluding hydrogens is 196 g/mol. The number of rotatable bonds is 3. The summed E-state index contributed by atoms with van der Waals surface area (Å²) in [6.45, 7) is -1.06. The van der Waals surface area contributed by atoms with Gasteiger partial charge in [-0.25, -0.2) is 4.39 Å². The van der Waals surface area contributed by atoms with Crippen LogP contribution in [0.4, 0.5) is 14.5 Å². The monoisotopic (exact) mass is 203 g/mol. The Bertz CT molecular complexity index is 356. The van der Waals surface area contributed by atoms with Crippen LogP contribution in [0.25, 0.3) is 0 Å². The molecule has 0 heterocycles. The van der Waals surface area contributed by atoms with Crippen molar-refractivity contribution in [3.8, 4) is 0 Å². The fourth-order valence-electron chi connectivity index (χ4n) is 0.968. The first-order chi connectivity index (χ1) is 6.56. The first-order valence-electron chi connectivity index (χ1n) is 3.74. The third kappa shape index (κ3) is 2.02. The van der Waals surface area contributed by atoms with Crippen molar-refractivity contribution in [2.45, 2.75) is 6.10 Å². The average Bonchev–Trinajstić information content (AvgIpc) is 2.15. The van der Waals surface area contributed by atoms with Gasteiger partial charge in [-0.3, -0.25) is 10.1 Å². The van der Waals surface area contributed by atoms with Gasteiger partial charge in [-0.05, 0) is 17.7 Å². The molecule has 0 aliphatic carbocycles. The second-order valence-electron chi connectivity index (χ2n) is 2.64. The number of nitro groups is 1. The predicted octanol–water partition coefficient (Wildman–Crippen LogP) is 1.74. The molecule has 1 atom stereocenters. The number of benzene rings is 1. The van der Waals surface area contributed by atoms with Crippen molar-refractivity contribution in [2.75, 3.05) is 6.67 Å². The summed E-state index contributed by atoms with van der Waals surface area (Å²) < 4.78 is 24.9. The summed E-state index contributed by atoms with van der Waals surface area (Å²) in [5, 5.41) is 19.2. The van der Waals surface area contributed by atoms with Gasteiger partial charge in [-0.2, -0.15) is 4.39 Å². The van der Waals surface area contributed by atoms with E-state index in [9.17, 15) is 18.9 Å². The van der Waals surface area contributed by atoms with Crippen molar-refractivity contribution in [1.82, 2.24) is 0 Å². The van der Waals surface area contributed by atoms with E-state index in [1.165, 1.54) is 0 Å². The Kier molecular flexibility index (Phi) is 3.08. The SMILES string of the molecule is O=[N+]([O-])c1ccc(C(O)CF)cc1F. The number of halogens is 2. The molecule has 76 valence electrons. The highest BCUT2D eigenvalue weighted by Crippen LogP contribution is 2.21. The topological polar surface area (TPSA) is 63.4 Å². The van der Waals surface area contributed by atoms with Crippen molar-refractivity contribution in [1.29, 1.82) is 0 Å². The van der Waals surface area contributed by atoms with E-state index in [0.29, 0.717) is 0 Å². The Morgan fingerprint density at radius 1 is 1.57 bits per heavy atom. The Morgan fingerprint density at radius 3 is 2.64 bits per heavy atom. The average molecular weight is 203 g/mol. The van der Waals surface area contributed by atoms with E-state index in [-0.39, 0.29) is 5.56 Å². The highest BCUT2D eigenvalue weighted by atomic mass is 19.1. The molecule has 4 nitrogen and oxygen atoms in total. The lowest BCUT2D eigenvalue weighted by atomic mass is 10.1. The molecule has 1 aromatic rings. The summed E-state index contributed by atoms with van der Waals surface area (Å²) in [6, 6.07) is 2.76. The zero-order valence-corrected chi connectivity index (χ0v) is 6.98. The molecule has 1 unspecified atom stereocenters. The van der Waals surface area contributed by atoms with E-state index in [4.69, 9.17) is 5.11 Å². The maximum absolute atomic E-state index is 12.9. The van der Waals surface area contributed by atoms with Gasteiger partial charge < -0.3 is 5.11 Å². The van der Waals surface area contributed by atoms with Crippen LogP contribution in [-0.2, 0) is 0 Å². The smallest absolute Gasteiger partial charge is 0.304 e. The van der Waals surface area contributed by atoms with E-state index in [0.717, 1.165) is 18.2 Å². The first kappa shape index (κ1) is 10.5. The molecular formula is C8H7F2NO3. The summed E-state index contributed by atoms with van der Waals surface area (Å²) in [7, 11) is 0. The lowest BCUT2D eigenvalue weighted by Gasteiger charge is -2.05. The van der Waals surface area contributed by atoms with E-state index in [1.54, 1.807) is 0 Å². The quantitative estimate of drug-likeness (QED) is 0.601. The van der Waals surface area contributed by atoms with Crippen LogP contribution in [0.2, 0.25) is 0 Å². The van der Waals surface area contributed by atoms with Crippen molar-refractivity contribution >= 4 is 5.69 Å². The first-order valence-corrected chi connectivity index (χ1v) is 3.74. The van der Waals surface area contributed by atoms with E-state index < -0.39 is 29.2 Å². The fourth-order valence-corrected chi connectivity index (χ4v) is 0.968. The van der Waals surface area contributed by atoms with Gasteiger partial charge in [0.25, 0.3) is 0 Å². The van der Waals surface area contributed by atoms with Crippen molar-refractivity contribution < 1.29 is 18.8 Å². The summed E-state index contributed by atoms with van der Waals surface area (Å²) in [5.74, 6) is -1.08. The molecule has 0 aliphatic heterocycles. The highest BCUT2D eigenvalue weighted by molar-refractivity contribution is 5.35. The third-order valence-corrected chi connectivity index (χ3v) is 1.70. The summed E-state index contributed by atoms with van der Waals surface area (Å²) in [4.78, 5) is 9.31. The van der Waals surface area contributed by atoms with Gasteiger partial charge in [0.05, 0.1) is 4.92 Å². The zero-order valence-electron chi connectivity index (χ0n) is 6.98. The molecule has 0 saturated carbocycles. The van der Waals surface area contributed by atoms with Crippen LogP contribution in [0.5, 0.6) is 0 Å². The van der Waals surface area contributed by atoms with Gasteiger partial charge in [0.1, 0.15) is 12.8 Å². The van der Waals surface area contributed by atoms with Crippen LogP contribution < -0.4 is 0 Å². The number of hydrogen-bond donors (Lipinski definition) is 1. The van der Waals surface area contributed by atoms with Crippen molar-refractivity contribution in [2.24, 2.45) is 0 Å². The second-order valence-corrected chi connectivity index (χ2v) is 2.64. The highest BCUT2D eigenvalue weighted by Gasteiger charge is 2.16. The van der Waals surface area contributed by atoms with Crippen LogP contribution in [0.3, 0.4) is 0 Å². The number of alkyl halides is 1. The van der Waals surface area contributed by atoms with E-state index >= 15 is 0 Å². The maximum Gasteiger partial charge on any atom is 0.304 e. The zero-order chi connectivity index (χ0) is 10.7. The summed E-state index contributed by atoms with van der Waals surface area (Å²) >= 11 is 0. The predicted molar refractivity (Wildman–Crippen MR) is 44.0 cm³/mol. The minimum Gasteiger partial charge on any atom is -0.386 e. The van der Waals surface area contributed by atoms with E-state index in [1.807, 2.05) is 0 Å².